The van der Waals surface area contributed by atoms with Gasteiger partial charge >= 0.3 is 17.9 Å². The van der Waals surface area contributed by atoms with Crippen LogP contribution in [0.4, 0.5) is 0 Å². The van der Waals surface area contributed by atoms with Crippen molar-refractivity contribution in [1.82, 2.24) is 0 Å². The number of hydrogen-bond donors (Lipinski definition) is 0. The highest BCUT2D eigenvalue weighted by atomic mass is 32.2. The average molecular weight is 906 g/mol. The maximum atomic E-state index is 12.8. The van der Waals surface area contributed by atoms with Crippen molar-refractivity contribution in [1.29, 1.82) is 0 Å². The maximum absolute atomic E-state index is 12.8. The summed E-state index contributed by atoms with van der Waals surface area (Å²) in [5, 5.41) is 0. The third-order valence-corrected chi connectivity index (χ3v) is 13.2. The van der Waals surface area contributed by atoms with E-state index in [1.54, 1.807) is 0 Å². The minimum Gasteiger partial charge on any atom is -0.462 e. The topological polar surface area (TPSA) is 78.9 Å². The smallest absolute Gasteiger partial charge is 0.306 e. The van der Waals surface area contributed by atoms with E-state index in [4.69, 9.17) is 14.2 Å². The van der Waals surface area contributed by atoms with Crippen LogP contribution in [0.25, 0.3) is 0 Å². The first-order chi connectivity index (χ1) is 31.0. The second kappa shape index (κ2) is 52.9. The van der Waals surface area contributed by atoms with E-state index in [2.05, 4.69) is 56.8 Å². The summed E-state index contributed by atoms with van der Waals surface area (Å²) in [5.41, 5.74) is 0. The molecule has 0 amide bonds. The van der Waals surface area contributed by atoms with Crippen molar-refractivity contribution < 1.29 is 28.6 Å². The second-order valence-electron chi connectivity index (χ2n) is 18.4. The van der Waals surface area contributed by atoms with Crippen molar-refractivity contribution in [2.75, 3.05) is 24.7 Å². The Balaban J connectivity index is 4.36. The van der Waals surface area contributed by atoms with Crippen LogP contribution in [0.15, 0.2) is 24.3 Å². The molecule has 1 unspecified atom stereocenters. The number of carbonyl (C=O) groups is 3. The predicted molar refractivity (Wildman–Crippen MR) is 274 cm³/mol. The van der Waals surface area contributed by atoms with Gasteiger partial charge in [0.25, 0.3) is 0 Å². The first-order valence-corrected chi connectivity index (χ1v) is 28.6. The highest BCUT2D eigenvalue weighted by Gasteiger charge is 2.19. The van der Waals surface area contributed by atoms with Gasteiger partial charge in [-0.25, -0.2) is 0 Å². The van der Waals surface area contributed by atoms with Crippen LogP contribution in [0.5, 0.6) is 0 Å². The zero-order chi connectivity index (χ0) is 45.8. The number of rotatable bonds is 51. The molecule has 0 rings (SSSR count). The Bertz CT molecular complexity index is 1030. The fraction of sp³-hybridized carbons (Fsp3) is 0.875. The highest BCUT2D eigenvalue weighted by molar-refractivity contribution is 7.99. The zero-order valence-electron chi connectivity index (χ0n) is 42.1. The monoisotopic (exact) mass is 905 g/mol. The molecule has 0 heterocycles. The summed E-state index contributed by atoms with van der Waals surface area (Å²) in [6, 6.07) is 0. The quantitative estimate of drug-likeness (QED) is 0.0260. The Hall–Kier alpha value is -1.76. The van der Waals surface area contributed by atoms with Crippen molar-refractivity contribution in [3.8, 4) is 0 Å². The predicted octanol–water partition coefficient (Wildman–Crippen LogP) is 17.9. The molecule has 1 atom stereocenters. The maximum Gasteiger partial charge on any atom is 0.306 e. The van der Waals surface area contributed by atoms with Crippen molar-refractivity contribution in [2.45, 2.75) is 290 Å². The van der Waals surface area contributed by atoms with E-state index in [1.165, 1.54) is 185 Å². The molecule has 370 valence electrons. The molecule has 0 saturated heterocycles. The number of esters is 3. The molecule has 0 aromatic heterocycles. The normalized spacial score (nSPS) is 12.1. The molecule has 0 bridgehead atoms. The number of carbonyl (C=O) groups excluding carboxylic acids is 3. The van der Waals surface area contributed by atoms with E-state index in [1.807, 2.05) is 0 Å². The summed E-state index contributed by atoms with van der Waals surface area (Å²) in [7, 11) is 0. The van der Waals surface area contributed by atoms with Gasteiger partial charge in [0.2, 0.25) is 0 Å². The van der Waals surface area contributed by atoms with Gasteiger partial charge in [-0.2, -0.15) is 11.8 Å². The van der Waals surface area contributed by atoms with Crippen molar-refractivity contribution in [3.05, 3.63) is 24.3 Å². The molecule has 0 aromatic carbocycles. The summed E-state index contributed by atoms with van der Waals surface area (Å²) in [6.07, 6.45) is 55.9. The van der Waals surface area contributed by atoms with Gasteiger partial charge in [-0.3, -0.25) is 14.4 Å². The Kier molecular flexibility index (Phi) is 51.4. The number of ether oxygens (including phenoxy) is 3. The highest BCUT2D eigenvalue weighted by Crippen LogP contribution is 2.16. The lowest BCUT2D eigenvalue weighted by Gasteiger charge is -2.18. The lowest BCUT2D eigenvalue weighted by molar-refractivity contribution is -0.167. The van der Waals surface area contributed by atoms with Gasteiger partial charge in [-0.15, -0.1) is 0 Å². The van der Waals surface area contributed by atoms with Gasteiger partial charge in [0.15, 0.2) is 6.10 Å². The van der Waals surface area contributed by atoms with Crippen LogP contribution in [0.1, 0.15) is 284 Å². The van der Waals surface area contributed by atoms with E-state index in [9.17, 15) is 14.4 Å². The molecule has 0 N–H and O–H groups in total. The number of unbranched alkanes of at least 4 members (excludes halogenated alkanes) is 32. The molecular formula is C56H104O6S. The summed E-state index contributed by atoms with van der Waals surface area (Å²) in [5.74, 6) is 1.64. The van der Waals surface area contributed by atoms with Crippen molar-refractivity contribution >= 4 is 29.7 Å². The molecule has 0 aliphatic rings. The third kappa shape index (κ3) is 51.1. The Morgan fingerprint density at radius 1 is 0.349 bits per heavy atom. The molecule has 0 aliphatic heterocycles. The number of thioether (sulfide) groups is 1. The van der Waals surface area contributed by atoms with E-state index < -0.39 is 6.10 Å². The molecule has 0 fully saturated rings. The van der Waals surface area contributed by atoms with Gasteiger partial charge in [0, 0.05) is 19.3 Å². The fourth-order valence-corrected chi connectivity index (χ4v) is 8.84. The molecule has 0 aliphatic carbocycles. The van der Waals surface area contributed by atoms with Gasteiger partial charge in [-0.05, 0) is 95.0 Å². The SMILES string of the molecule is CCCCCCCC/C=C\CCCCCCCC(=O)OCC(COC(=O)CCCCCCCSCCCCCCCCC)OC(=O)CCCCCCC/C=C\CCCCCCCC. The Labute approximate surface area is 395 Å². The summed E-state index contributed by atoms with van der Waals surface area (Å²) < 4.78 is 16.8. The van der Waals surface area contributed by atoms with Crippen LogP contribution >= 0.6 is 11.8 Å². The van der Waals surface area contributed by atoms with Crippen LogP contribution in [-0.4, -0.2) is 48.7 Å². The molecule has 7 heteroatoms. The molecular weight excluding hydrogens is 801 g/mol. The average Bonchev–Trinajstić information content (AvgIpc) is 3.28. The van der Waals surface area contributed by atoms with Gasteiger partial charge < -0.3 is 14.2 Å². The lowest BCUT2D eigenvalue weighted by atomic mass is 10.1. The van der Waals surface area contributed by atoms with E-state index in [-0.39, 0.29) is 31.1 Å². The van der Waals surface area contributed by atoms with Crippen LogP contribution in [0.2, 0.25) is 0 Å². The number of allylic oxidation sites excluding steroid dienone is 4. The third-order valence-electron chi connectivity index (χ3n) is 12.0. The van der Waals surface area contributed by atoms with Gasteiger partial charge in [0.05, 0.1) is 0 Å². The van der Waals surface area contributed by atoms with Crippen molar-refractivity contribution in [2.24, 2.45) is 0 Å². The number of hydrogen-bond acceptors (Lipinski definition) is 7. The summed E-state index contributed by atoms with van der Waals surface area (Å²) in [6.45, 7) is 6.64. The van der Waals surface area contributed by atoms with Gasteiger partial charge in [-0.1, -0.05) is 206 Å². The summed E-state index contributed by atoms with van der Waals surface area (Å²) >= 11 is 2.09. The largest absolute Gasteiger partial charge is 0.462 e. The van der Waals surface area contributed by atoms with Crippen molar-refractivity contribution in [3.63, 3.8) is 0 Å². The first kappa shape index (κ1) is 61.2. The molecule has 0 saturated carbocycles. The Morgan fingerprint density at radius 3 is 0.952 bits per heavy atom. The minimum absolute atomic E-state index is 0.0758. The molecule has 0 spiro atoms. The van der Waals surface area contributed by atoms with E-state index in [0.717, 1.165) is 70.6 Å². The van der Waals surface area contributed by atoms with Crippen LogP contribution in [0.3, 0.4) is 0 Å². The first-order valence-electron chi connectivity index (χ1n) is 27.4. The van der Waals surface area contributed by atoms with Gasteiger partial charge in [0.1, 0.15) is 13.2 Å². The van der Waals surface area contributed by atoms with E-state index >= 15 is 0 Å². The molecule has 63 heavy (non-hydrogen) atoms. The zero-order valence-corrected chi connectivity index (χ0v) is 42.9. The Morgan fingerprint density at radius 2 is 0.619 bits per heavy atom. The fourth-order valence-electron chi connectivity index (χ4n) is 7.82. The van der Waals surface area contributed by atoms with Crippen LogP contribution < -0.4 is 0 Å². The minimum atomic E-state index is -0.777. The summed E-state index contributed by atoms with van der Waals surface area (Å²) in [4.78, 5) is 38.1. The van der Waals surface area contributed by atoms with Crippen LogP contribution in [0, 0.1) is 0 Å². The molecule has 0 radical (unpaired) electrons. The molecule has 0 aromatic rings. The lowest BCUT2D eigenvalue weighted by Crippen LogP contribution is -2.30. The van der Waals surface area contributed by atoms with E-state index in [0.29, 0.717) is 19.3 Å². The second-order valence-corrected chi connectivity index (χ2v) is 19.6. The standard InChI is InChI=1S/C56H104O6S/c1-4-7-10-13-16-18-20-22-24-26-28-30-32-36-41-46-54(57)60-51-53(62-56(59)48-43-37-33-31-29-27-25-23-21-19-17-14-11-8-5-2)52-61-55(58)47-42-38-35-40-45-50-63-49-44-39-34-15-12-9-6-3/h22-25,53H,4-21,26-52H2,1-3H3/b24-22-,25-23-. The molecule has 6 nitrogen and oxygen atoms in total. The van der Waals surface area contributed by atoms with Crippen LogP contribution in [-0.2, 0) is 28.6 Å².